The second-order valence-electron chi connectivity index (χ2n) is 5.51. The molecule has 0 spiro atoms. The number of methoxy groups -OCH3 is 2. The van der Waals surface area contributed by atoms with E-state index in [-0.39, 0.29) is 11.4 Å². The minimum atomic E-state index is -0.128. The highest BCUT2D eigenvalue weighted by Crippen LogP contribution is 2.41. The van der Waals surface area contributed by atoms with Crippen LogP contribution in [0.25, 0.3) is 0 Å². The molecule has 1 aromatic rings. The Bertz CT molecular complexity index is 467. The van der Waals surface area contributed by atoms with E-state index in [4.69, 9.17) is 9.47 Å². The van der Waals surface area contributed by atoms with Crippen molar-refractivity contribution in [3.63, 3.8) is 0 Å². The molecule has 1 unspecified atom stereocenters. The number of hydrogen-bond donors (Lipinski definition) is 0. The summed E-state index contributed by atoms with van der Waals surface area (Å²) < 4.78 is 10.1. The third-order valence-electron chi connectivity index (χ3n) is 4.25. The summed E-state index contributed by atoms with van der Waals surface area (Å²) in [5.41, 5.74) is 2.78. The summed E-state index contributed by atoms with van der Waals surface area (Å²) in [6.45, 7) is 2.24. The molecule has 0 saturated heterocycles. The van der Waals surface area contributed by atoms with Gasteiger partial charge in [-0.15, -0.1) is 0 Å². The van der Waals surface area contributed by atoms with Crippen molar-refractivity contribution in [3.8, 4) is 5.75 Å². The summed E-state index contributed by atoms with van der Waals surface area (Å²) in [5, 5.41) is 0. The lowest BCUT2D eigenvalue weighted by molar-refractivity contribution is -0.141. The largest absolute Gasteiger partial charge is 0.497 e. The van der Waals surface area contributed by atoms with E-state index in [2.05, 4.69) is 19.1 Å². The van der Waals surface area contributed by atoms with Gasteiger partial charge in [0.25, 0.3) is 0 Å². The van der Waals surface area contributed by atoms with Gasteiger partial charge in [0.1, 0.15) is 5.75 Å². The van der Waals surface area contributed by atoms with Crippen LogP contribution in [0, 0.1) is 0 Å². The summed E-state index contributed by atoms with van der Waals surface area (Å²) in [4.78, 5) is 11.4. The van der Waals surface area contributed by atoms with E-state index in [1.54, 1.807) is 7.11 Å². The highest BCUT2D eigenvalue weighted by molar-refractivity contribution is 5.69. The van der Waals surface area contributed by atoms with Crippen LogP contribution in [-0.2, 0) is 21.4 Å². The Morgan fingerprint density at radius 3 is 2.84 bits per heavy atom. The van der Waals surface area contributed by atoms with Crippen LogP contribution in [-0.4, -0.2) is 20.2 Å². The molecule has 1 aliphatic rings. The first-order valence-electron chi connectivity index (χ1n) is 6.83. The zero-order valence-electron chi connectivity index (χ0n) is 12.0. The molecule has 104 valence electrons. The zero-order valence-corrected chi connectivity index (χ0v) is 12.0. The number of hydrogen-bond acceptors (Lipinski definition) is 3. The number of carbonyl (C=O) groups excluding carboxylic acids is 1. The molecule has 0 amide bonds. The van der Waals surface area contributed by atoms with Crippen molar-refractivity contribution in [1.82, 2.24) is 0 Å². The lowest BCUT2D eigenvalue weighted by Crippen LogP contribution is -2.28. The topological polar surface area (TPSA) is 35.5 Å². The average molecular weight is 262 g/mol. The van der Waals surface area contributed by atoms with E-state index in [1.807, 2.05) is 6.07 Å². The van der Waals surface area contributed by atoms with Crippen molar-refractivity contribution in [2.75, 3.05) is 14.2 Å². The van der Waals surface area contributed by atoms with Gasteiger partial charge in [0.15, 0.2) is 0 Å². The van der Waals surface area contributed by atoms with Crippen molar-refractivity contribution in [1.29, 1.82) is 0 Å². The average Bonchev–Trinajstić information content (AvgIpc) is 2.45. The minimum Gasteiger partial charge on any atom is -0.497 e. The number of carbonyl (C=O) groups is 1. The van der Waals surface area contributed by atoms with Gasteiger partial charge in [-0.2, -0.15) is 0 Å². The molecular weight excluding hydrogens is 240 g/mol. The quantitative estimate of drug-likeness (QED) is 0.781. The predicted octanol–water partition coefficient (Wildman–Crippen LogP) is 3.24. The molecule has 0 heterocycles. The van der Waals surface area contributed by atoms with E-state index < -0.39 is 0 Å². The second-order valence-corrected chi connectivity index (χ2v) is 5.51. The first-order valence-corrected chi connectivity index (χ1v) is 6.83. The fourth-order valence-corrected chi connectivity index (χ4v) is 3.01. The molecule has 1 aliphatic carbocycles. The van der Waals surface area contributed by atoms with Crippen molar-refractivity contribution in [2.24, 2.45) is 0 Å². The maximum atomic E-state index is 11.4. The second kappa shape index (κ2) is 5.64. The molecule has 3 nitrogen and oxygen atoms in total. The fourth-order valence-electron chi connectivity index (χ4n) is 3.01. The third kappa shape index (κ3) is 2.91. The predicted molar refractivity (Wildman–Crippen MR) is 74.5 cm³/mol. The Kier molecular flexibility index (Phi) is 4.13. The van der Waals surface area contributed by atoms with Gasteiger partial charge >= 0.3 is 5.97 Å². The molecule has 0 saturated carbocycles. The monoisotopic (exact) mass is 262 g/mol. The van der Waals surface area contributed by atoms with E-state index in [0.717, 1.165) is 25.0 Å². The summed E-state index contributed by atoms with van der Waals surface area (Å²) >= 11 is 0. The molecule has 0 aromatic heterocycles. The summed E-state index contributed by atoms with van der Waals surface area (Å²) in [5.74, 6) is 0.765. The Balaban J connectivity index is 2.26. The Morgan fingerprint density at radius 1 is 1.37 bits per heavy atom. The van der Waals surface area contributed by atoms with Crippen molar-refractivity contribution in [2.45, 2.75) is 44.4 Å². The van der Waals surface area contributed by atoms with Gasteiger partial charge in [0.05, 0.1) is 14.2 Å². The molecule has 0 N–H and O–H groups in total. The SMILES string of the molecule is COC(=O)CCC1(C)CCCc2ccc(OC)cc21. The van der Waals surface area contributed by atoms with Gasteiger partial charge in [0.2, 0.25) is 0 Å². The van der Waals surface area contributed by atoms with Crippen molar-refractivity contribution < 1.29 is 14.3 Å². The standard InChI is InChI=1S/C16H22O3/c1-16(10-8-15(17)19-3)9-4-5-12-6-7-13(18-2)11-14(12)16/h6-7,11H,4-5,8-10H2,1-3H3. The van der Waals surface area contributed by atoms with Gasteiger partial charge in [-0.05, 0) is 54.4 Å². The summed E-state index contributed by atoms with van der Waals surface area (Å²) in [6, 6.07) is 6.31. The highest BCUT2D eigenvalue weighted by atomic mass is 16.5. The van der Waals surface area contributed by atoms with Crippen LogP contribution < -0.4 is 4.74 Å². The normalized spacial score (nSPS) is 21.6. The highest BCUT2D eigenvalue weighted by Gasteiger charge is 2.32. The van der Waals surface area contributed by atoms with Crippen LogP contribution in [0.15, 0.2) is 18.2 Å². The van der Waals surface area contributed by atoms with Crippen LogP contribution in [0.5, 0.6) is 5.75 Å². The molecule has 0 radical (unpaired) electrons. The molecule has 3 heteroatoms. The summed E-state index contributed by atoms with van der Waals surface area (Å²) in [6.07, 6.45) is 4.72. The number of ether oxygens (including phenoxy) is 2. The fraction of sp³-hybridized carbons (Fsp3) is 0.562. The van der Waals surface area contributed by atoms with Crippen molar-refractivity contribution >= 4 is 5.97 Å². The molecule has 19 heavy (non-hydrogen) atoms. The third-order valence-corrected chi connectivity index (χ3v) is 4.25. The molecule has 1 aromatic carbocycles. The lowest BCUT2D eigenvalue weighted by Gasteiger charge is -2.36. The lowest BCUT2D eigenvalue weighted by atomic mass is 9.69. The van der Waals surface area contributed by atoms with E-state index in [0.29, 0.717) is 6.42 Å². The van der Waals surface area contributed by atoms with Gasteiger partial charge in [0, 0.05) is 6.42 Å². The molecule has 2 rings (SSSR count). The van der Waals surface area contributed by atoms with E-state index >= 15 is 0 Å². The number of benzene rings is 1. The van der Waals surface area contributed by atoms with Crippen LogP contribution in [0.4, 0.5) is 0 Å². The van der Waals surface area contributed by atoms with Crippen LogP contribution in [0.1, 0.15) is 43.7 Å². The molecule has 0 bridgehead atoms. The molecule has 1 atom stereocenters. The molecular formula is C16H22O3. The number of rotatable bonds is 4. The number of esters is 1. The summed E-state index contributed by atoms with van der Waals surface area (Å²) in [7, 11) is 3.14. The number of aryl methyl sites for hydroxylation is 1. The minimum absolute atomic E-state index is 0.0519. The molecule has 0 aliphatic heterocycles. The first kappa shape index (κ1) is 13.9. The van der Waals surface area contributed by atoms with E-state index in [9.17, 15) is 4.79 Å². The van der Waals surface area contributed by atoms with E-state index in [1.165, 1.54) is 24.7 Å². The van der Waals surface area contributed by atoms with Crippen LogP contribution in [0.2, 0.25) is 0 Å². The van der Waals surface area contributed by atoms with Gasteiger partial charge in [-0.1, -0.05) is 13.0 Å². The van der Waals surface area contributed by atoms with Crippen LogP contribution >= 0.6 is 0 Å². The first-order chi connectivity index (χ1) is 9.09. The Hall–Kier alpha value is -1.51. The maximum absolute atomic E-state index is 11.4. The maximum Gasteiger partial charge on any atom is 0.305 e. The zero-order chi connectivity index (χ0) is 13.9. The molecule has 0 fully saturated rings. The van der Waals surface area contributed by atoms with Gasteiger partial charge in [-0.3, -0.25) is 4.79 Å². The smallest absolute Gasteiger partial charge is 0.305 e. The van der Waals surface area contributed by atoms with Gasteiger partial charge < -0.3 is 9.47 Å². The van der Waals surface area contributed by atoms with Crippen molar-refractivity contribution in [3.05, 3.63) is 29.3 Å². The number of fused-ring (bicyclic) bond motifs is 1. The van der Waals surface area contributed by atoms with Crippen LogP contribution in [0.3, 0.4) is 0 Å². The Labute approximate surface area is 114 Å². The van der Waals surface area contributed by atoms with Gasteiger partial charge in [-0.25, -0.2) is 0 Å². The Morgan fingerprint density at radius 2 is 2.16 bits per heavy atom.